The van der Waals surface area contributed by atoms with Gasteiger partial charge in [-0.05, 0) is 23.4 Å². The molecule has 0 spiro atoms. The van der Waals surface area contributed by atoms with Crippen molar-refractivity contribution in [3.8, 4) is 6.07 Å². The van der Waals surface area contributed by atoms with Crippen molar-refractivity contribution in [2.75, 3.05) is 0 Å². The maximum absolute atomic E-state index is 8.35. The minimum Gasteiger partial charge on any atom is -0.198 e. The quantitative estimate of drug-likeness (QED) is 0.670. The van der Waals surface area contributed by atoms with E-state index in [0.717, 1.165) is 16.5 Å². The molecule has 0 aliphatic heterocycles. The number of allylic oxidation sites excluding steroid dienone is 5. The maximum atomic E-state index is 8.35. The molecule has 0 aliphatic rings. The van der Waals surface area contributed by atoms with Crippen molar-refractivity contribution in [2.45, 2.75) is 19.8 Å². The van der Waals surface area contributed by atoms with Crippen LogP contribution in [0.3, 0.4) is 0 Å². The Labute approximate surface area is 82.2 Å². The van der Waals surface area contributed by atoms with Crippen molar-refractivity contribution in [2.24, 2.45) is 0 Å². The Balaban J connectivity index is 4.16. The molecule has 1 nitrogen and oxygen atoms in total. The summed E-state index contributed by atoms with van der Waals surface area (Å²) < 4.78 is 1.07. The average Bonchev–Trinajstić information content (AvgIpc) is 2.05. The Morgan fingerprint density at radius 3 is 2.67 bits per heavy atom. The van der Waals surface area contributed by atoms with Crippen molar-refractivity contribution in [3.05, 3.63) is 34.9 Å². The van der Waals surface area contributed by atoms with E-state index in [1.165, 1.54) is 0 Å². The summed E-state index contributed by atoms with van der Waals surface area (Å²) in [4.78, 5) is 0. The largest absolute Gasteiger partial charge is 0.198 e. The van der Waals surface area contributed by atoms with Gasteiger partial charge in [-0.2, -0.15) is 5.26 Å². The molecule has 0 unspecified atom stereocenters. The van der Waals surface area contributed by atoms with Crippen LogP contribution in [0, 0.1) is 11.3 Å². The molecule has 12 heavy (non-hydrogen) atoms. The highest BCUT2D eigenvalue weighted by Gasteiger charge is 1.89. The fourth-order valence-electron chi connectivity index (χ4n) is 0.676. The van der Waals surface area contributed by atoms with Gasteiger partial charge in [0.2, 0.25) is 0 Å². The topological polar surface area (TPSA) is 23.8 Å². The molecular weight excluding hydrogens is 214 g/mol. The second-order valence-corrected chi connectivity index (χ2v) is 3.61. The van der Waals surface area contributed by atoms with Gasteiger partial charge in [0.25, 0.3) is 0 Å². The molecule has 0 aromatic heterocycles. The first-order valence-corrected chi connectivity index (χ1v) is 4.52. The molecule has 0 bridgehead atoms. The first-order chi connectivity index (χ1) is 5.70. The number of halogens is 1. The van der Waals surface area contributed by atoms with Crippen LogP contribution in [0.25, 0.3) is 0 Å². The van der Waals surface area contributed by atoms with E-state index in [1.807, 2.05) is 19.1 Å². The molecule has 64 valence electrons. The summed E-state index contributed by atoms with van der Waals surface area (Å²) in [6.45, 7) is 5.63. The highest BCUT2D eigenvalue weighted by atomic mass is 79.9. The lowest BCUT2D eigenvalue weighted by atomic mass is 10.1. The zero-order valence-corrected chi connectivity index (χ0v) is 8.76. The van der Waals surface area contributed by atoms with Crippen LogP contribution in [0.5, 0.6) is 0 Å². The second kappa shape index (κ2) is 6.87. The smallest absolute Gasteiger partial charge is 0.0625 e. The van der Waals surface area contributed by atoms with E-state index in [0.29, 0.717) is 6.42 Å². The van der Waals surface area contributed by atoms with Gasteiger partial charge in [-0.1, -0.05) is 40.7 Å². The highest BCUT2D eigenvalue weighted by molar-refractivity contribution is 9.11. The zero-order chi connectivity index (χ0) is 9.40. The van der Waals surface area contributed by atoms with Crippen LogP contribution in [-0.4, -0.2) is 0 Å². The van der Waals surface area contributed by atoms with E-state index in [9.17, 15) is 0 Å². The summed E-state index contributed by atoms with van der Waals surface area (Å²) in [6, 6.07) is 2.10. The molecule has 0 saturated carbocycles. The third-order valence-corrected chi connectivity index (χ3v) is 1.58. The highest BCUT2D eigenvalue weighted by Crippen LogP contribution is 2.08. The van der Waals surface area contributed by atoms with Gasteiger partial charge in [0.15, 0.2) is 0 Å². The first-order valence-electron chi connectivity index (χ1n) is 3.73. The third kappa shape index (κ3) is 5.94. The van der Waals surface area contributed by atoms with Gasteiger partial charge in [0.05, 0.1) is 6.07 Å². The van der Waals surface area contributed by atoms with E-state index in [4.69, 9.17) is 5.26 Å². The van der Waals surface area contributed by atoms with Gasteiger partial charge in [-0.3, -0.25) is 0 Å². The van der Waals surface area contributed by atoms with Crippen molar-refractivity contribution in [3.63, 3.8) is 0 Å². The van der Waals surface area contributed by atoms with Gasteiger partial charge >= 0.3 is 0 Å². The van der Waals surface area contributed by atoms with Crippen molar-refractivity contribution in [1.29, 1.82) is 5.26 Å². The van der Waals surface area contributed by atoms with Crippen LogP contribution in [0.15, 0.2) is 34.9 Å². The van der Waals surface area contributed by atoms with Crippen LogP contribution in [-0.2, 0) is 0 Å². The third-order valence-electron chi connectivity index (χ3n) is 1.31. The fraction of sp³-hybridized carbons (Fsp3) is 0.300. The van der Waals surface area contributed by atoms with E-state index in [-0.39, 0.29) is 0 Å². The normalized spacial score (nSPS) is 12.4. The summed E-state index contributed by atoms with van der Waals surface area (Å²) >= 11 is 3.32. The molecule has 0 fully saturated rings. The number of nitriles is 1. The first kappa shape index (κ1) is 11.2. The molecule has 0 aromatic rings. The predicted molar refractivity (Wildman–Crippen MR) is 55.8 cm³/mol. The van der Waals surface area contributed by atoms with Gasteiger partial charge in [-0.25, -0.2) is 0 Å². The van der Waals surface area contributed by atoms with Crippen LogP contribution in [0.2, 0.25) is 0 Å². The Kier molecular flexibility index (Phi) is 6.41. The molecule has 0 radical (unpaired) electrons. The molecule has 0 rings (SSSR count). The summed E-state index contributed by atoms with van der Waals surface area (Å²) in [5, 5.41) is 8.35. The average molecular weight is 226 g/mol. The molecule has 0 aliphatic carbocycles. The molecule has 0 amide bonds. The van der Waals surface area contributed by atoms with Crippen LogP contribution in [0.1, 0.15) is 19.8 Å². The standard InChI is InChI=1S/C10H12BrN/c1-3-10(5-4-8-12)7-6-9(2)11/h3,6-7H,1,4-5H2,2H3/b9-6+,10-7+. The Morgan fingerprint density at radius 1 is 1.58 bits per heavy atom. The molecule has 0 saturated heterocycles. The lowest BCUT2D eigenvalue weighted by Gasteiger charge is -1.94. The SMILES string of the molecule is C=C/C(=C\C=C(/C)Br)CCC#N. The minimum atomic E-state index is 0.549. The van der Waals surface area contributed by atoms with E-state index >= 15 is 0 Å². The molecule has 0 heterocycles. The van der Waals surface area contributed by atoms with Crippen LogP contribution in [0.4, 0.5) is 0 Å². The predicted octanol–water partition coefficient (Wildman–Crippen LogP) is 3.70. The fourth-order valence-corrected chi connectivity index (χ4v) is 0.808. The Hall–Kier alpha value is -0.810. The minimum absolute atomic E-state index is 0.549. The van der Waals surface area contributed by atoms with Crippen molar-refractivity contribution >= 4 is 15.9 Å². The number of rotatable bonds is 4. The van der Waals surface area contributed by atoms with Gasteiger partial charge < -0.3 is 0 Å². The number of hydrogen-bond donors (Lipinski definition) is 0. The number of hydrogen-bond acceptors (Lipinski definition) is 1. The van der Waals surface area contributed by atoms with E-state index in [1.54, 1.807) is 6.08 Å². The van der Waals surface area contributed by atoms with Crippen molar-refractivity contribution < 1.29 is 0 Å². The van der Waals surface area contributed by atoms with Gasteiger partial charge in [-0.15, -0.1) is 0 Å². The molecule has 2 heteroatoms. The summed E-state index contributed by atoms with van der Waals surface area (Å²) in [5.74, 6) is 0. The monoisotopic (exact) mass is 225 g/mol. The Morgan fingerprint density at radius 2 is 2.25 bits per heavy atom. The molecule has 0 atom stereocenters. The lowest BCUT2D eigenvalue weighted by Crippen LogP contribution is -1.76. The molecular formula is C10H12BrN. The lowest BCUT2D eigenvalue weighted by molar-refractivity contribution is 1.02. The summed E-state index contributed by atoms with van der Waals surface area (Å²) in [5.41, 5.74) is 1.09. The summed E-state index contributed by atoms with van der Waals surface area (Å²) in [6.07, 6.45) is 7.02. The molecule has 0 N–H and O–H groups in total. The van der Waals surface area contributed by atoms with Crippen molar-refractivity contribution in [1.82, 2.24) is 0 Å². The van der Waals surface area contributed by atoms with Gasteiger partial charge in [0, 0.05) is 6.42 Å². The number of nitrogens with zero attached hydrogens (tertiary/aromatic N) is 1. The van der Waals surface area contributed by atoms with E-state index < -0.39 is 0 Å². The zero-order valence-electron chi connectivity index (χ0n) is 7.18. The summed E-state index contributed by atoms with van der Waals surface area (Å²) in [7, 11) is 0. The van der Waals surface area contributed by atoms with Crippen LogP contribution < -0.4 is 0 Å². The molecule has 0 aromatic carbocycles. The van der Waals surface area contributed by atoms with E-state index in [2.05, 4.69) is 28.6 Å². The van der Waals surface area contributed by atoms with Gasteiger partial charge in [0.1, 0.15) is 0 Å². The maximum Gasteiger partial charge on any atom is 0.0625 e. The van der Waals surface area contributed by atoms with Crippen LogP contribution >= 0.6 is 15.9 Å². The second-order valence-electron chi connectivity index (χ2n) is 2.36. The Bertz CT molecular complexity index is 239.